The number of rotatable bonds is 7. The van der Waals surface area contributed by atoms with Crippen LogP contribution in [0.2, 0.25) is 5.02 Å². The van der Waals surface area contributed by atoms with Crippen molar-refractivity contribution in [3.05, 3.63) is 64.7 Å². The fourth-order valence-electron chi connectivity index (χ4n) is 3.61. The highest BCUT2D eigenvalue weighted by Gasteiger charge is 2.40. The van der Waals surface area contributed by atoms with E-state index in [2.05, 4.69) is 5.32 Å². The Balaban J connectivity index is 1.81. The van der Waals surface area contributed by atoms with Gasteiger partial charge in [0.05, 0.1) is 19.6 Å². The molecule has 0 radical (unpaired) electrons. The monoisotopic (exact) mass is 416 g/mol. The van der Waals surface area contributed by atoms with E-state index in [-0.39, 0.29) is 23.7 Å². The highest BCUT2D eigenvalue weighted by atomic mass is 35.5. The number of halogens is 1. The fourth-order valence-corrected chi connectivity index (χ4v) is 3.73. The third-order valence-corrected chi connectivity index (χ3v) is 5.44. The SMILES string of the molecule is COCCNC(=O)C1CN(C(=O)c2ccc(Cl)cc2)CC1c1ccc(OC)cc1. The van der Waals surface area contributed by atoms with Crippen LogP contribution < -0.4 is 10.1 Å². The summed E-state index contributed by atoms with van der Waals surface area (Å²) in [6.45, 7) is 1.71. The third kappa shape index (κ3) is 5.08. The van der Waals surface area contributed by atoms with Gasteiger partial charge in [-0.25, -0.2) is 0 Å². The van der Waals surface area contributed by atoms with Gasteiger partial charge in [0.15, 0.2) is 0 Å². The second kappa shape index (κ2) is 9.76. The van der Waals surface area contributed by atoms with Gasteiger partial charge in [-0.15, -0.1) is 0 Å². The lowest BCUT2D eigenvalue weighted by Crippen LogP contribution is -2.37. The van der Waals surface area contributed by atoms with Gasteiger partial charge in [-0.3, -0.25) is 9.59 Å². The Labute approximate surface area is 175 Å². The lowest BCUT2D eigenvalue weighted by atomic mass is 9.88. The van der Waals surface area contributed by atoms with Gasteiger partial charge in [-0.2, -0.15) is 0 Å². The van der Waals surface area contributed by atoms with Gasteiger partial charge < -0.3 is 19.7 Å². The second-order valence-corrected chi connectivity index (χ2v) is 7.42. The van der Waals surface area contributed by atoms with Crippen molar-refractivity contribution in [2.45, 2.75) is 5.92 Å². The number of benzene rings is 2. The molecule has 154 valence electrons. The zero-order valence-corrected chi connectivity index (χ0v) is 17.3. The summed E-state index contributed by atoms with van der Waals surface area (Å²) in [5, 5.41) is 3.49. The van der Waals surface area contributed by atoms with E-state index in [0.29, 0.717) is 36.8 Å². The molecule has 3 rings (SSSR count). The molecule has 0 aromatic heterocycles. The van der Waals surface area contributed by atoms with E-state index < -0.39 is 0 Å². The fraction of sp³-hybridized carbons (Fsp3) is 0.364. The van der Waals surface area contributed by atoms with Gasteiger partial charge in [0, 0.05) is 43.2 Å². The number of hydrogen-bond donors (Lipinski definition) is 1. The summed E-state index contributed by atoms with van der Waals surface area (Å²) in [5.41, 5.74) is 1.56. The van der Waals surface area contributed by atoms with Crippen molar-refractivity contribution >= 4 is 23.4 Å². The molecule has 2 amide bonds. The number of nitrogens with zero attached hydrogens (tertiary/aromatic N) is 1. The first-order valence-corrected chi connectivity index (χ1v) is 9.86. The number of hydrogen-bond acceptors (Lipinski definition) is 4. The molecule has 7 heteroatoms. The largest absolute Gasteiger partial charge is 0.497 e. The van der Waals surface area contributed by atoms with Crippen molar-refractivity contribution in [3.8, 4) is 5.75 Å². The first-order chi connectivity index (χ1) is 14.0. The normalized spacial score (nSPS) is 18.5. The maximum atomic E-state index is 13.0. The Bertz CT molecular complexity index is 839. The van der Waals surface area contributed by atoms with E-state index in [4.69, 9.17) is 21.1 Å². The van der Waals surface area contributed by atoms with Crippen LogP contribution in [0.1, 0.15) is 21.8 Å². The Morgan fingerprint density at radius 3 is 2.38 bits per heavy atom. The van der Waals surface area contributed by atoms with Crippen molar-refractivity contribution in [2.75, 3.05) is 40.5 Å². The Kier molecular flexibility index (Phi) is 7.12. The van der Waals surface area contributed by atoms with Crippen LogP contribution in [0.5, 0.6) is 5.75 Å². The summed E-state index contributed by atoms with van der Waals surface area (Å²) in [7, 11) is 3.21. The Morgan fingerprint density at radius 1 is 1.07 bits per heavy atom. The maximum absolute atomic E-state index is 13.0. The van der Waals surface area contributed by atoms with Gasteiger partial charge in [-0.1, -0.05) is 23.7 Å². The molecular weight excluding hydrogens is 392 g/mol. The molecule has 1 aliphatic heterocycles. The lowest BCUT2D eigenvalue weighted by Gasteiger charge is -2.18. The molecule has 1 N–H and O–H groups in total. The summed E-state index contributed by atoms with van der Waals surface area (Å²) in [5.74, 6) is 0.139. The van der Waals surface area contributed by atoms with Crippen LogP contribution in [0.4, 0.5) is 0 Å². The minimum absolute atomic E-state index is 0.0747. The number of carbonyl (C=O) groups excluding carboxylic acids is 2. The summed E-state index contributed by atoms with van der Waals surface area (Å²) in [6.07, 6.45) is 0. The van der Waals surface area contributed by atoms with Gasteiger partial charge in [0.2, 0.25) is 5.91 Å². The minimum atomic E-state index is -0.337. The molecule has 2 atom stereocenters. The van der Waals surface area contributed by atoms with Crippen LogP contribution in [0, 0.1) is 5.92 Å². The quantitative estimate of drug-likeness (QED) is 0.704. The van der Waals surface area contributed by atoms with Crippen LogP contribution in [-0.4, -0.2) is 57.2 Å². The van der Waals surface area contributed by atoms with E-state index in [1.165, 1.54) is 0 Å². The molecule has 6 nitrogen and oxygen atoms in total. The van der Waals surface area contributed by atoms with E-state index in [9.17, 15) is 9.59 Å². The third-order valence-electron chi connectivity index (χ3n) is 5.18. The molecule has 2 aromatic rings. The van der Waals surface area contributed by atoms with Crippen LogP contribution in [0.15, 0.2) is 48.5 Å². The zero-order valence-electron chi connectivity index (χ0n) is 16.6. The highest BCUT2D eigenvalue weighted by Crippen LogP contribution is 2.34. The Morgan fingerprint density at radius 2 is 1.76 bits per heavy atom. The smallest absolute Gasteiger partial charge is 0.253 e. The van der Waals surface area contributed by atoms with Gasteiger partial charge in [-0.05, 0) is 42.0 Å². The molecule has 1 heterocycles. The van der Waals surface area contributed by atoms with Crippen molar-refractivity contribution in [3.63, 3.8) is 0 Å². The van der Waals surface area contributed by atoms with Crippen LogP contribution in [0.3, 0.4) is 0 Å². The van der Waals surface area contributed by atoms with Gasteiger partial charge in [0.1, 0.15) is 5.75 Å². The molecule has 29 heavy (non-hydrogen) atoms. The van der Waals surface area contributed by atoms with Crippen LogP contribution in [-0.2, 0) is 9.53 Å². The standard InChI is InChI=1S/C22H25ClN2O4/c1-28-12-11-24-21(26)20-14-25(22(27)16-3-7-17(23)8-4-16)13-19(20)15-5-9-18(29-2)10-6-15/h3-10,19-20H,11-14H2,1-2H3,(H,24,26). The molecule has 1 fully saturated rings. The lowest BCUT2D eigenvalue weighted by molar-refractivity contribution is -0.125. The Hall–Kier alpha value is -2.57. The minimum Gasteiger partial charge on any atom is -0.497 e. The average Bonchev–Trinajstić information content (AvgIpc) is 3.19. The van der Waals surface area contributed by atoms with E-state index in [0.717, 1.165) is 11.3 Å². The van der Waals surface area contributed by atoms with Crippen molar-refractivity contribution in [2.24, 2.45) is 5.92 Å². The summed E-state index contributed by atoms with van der Waals surface area (Å²) in [6, 6.07) is 14.5. The maximum Gasteiger partial charge on any atom is 0.253 e. The molecular formula is C22H25ClN2O4. The number of methoxy groups -OCH3 is 2. The first kappa shape index (κ1) is 21.1. The first-order valence-electron chi connectivity index (χ1n) is 9.49. The summed E-state index contributed by atoms with van der Waals surface area (Å²) < 4.78 is 10.2. The van der Waals surface area contributed by atoms with E-state index in [1.54, 1.807) is 43.4 Å². The van der Waals surface area contributed by atoms with E-state index >= 15 is 0 Å². The van der Waals surface area contributed by atoms with Crippen molar-refractivity contribution < 1.29 is 19.1 Å². The van der Waals surface area contributed by atoms with Crippen LogP contribution in [0.25, 0.3) is 0 Å². The number of ether oxygens (including phenoxy) is 2. The number of nitrogens with one attached hydrogen (secondary N) is 1. The molecule has 1 saturated heterocycles. The summed E-state index contributed by atoms with van der Waals surface area (Å²) in [4.78, 5) is 27.5. The molecule has 0 saturated carbocycles. The zero-order chi connectivity index (χ0) is 20.8. The number of amides is 2. The number of carbonyl (C=O) groups is 2. The second-order valence-electron chi connectivity index (χ2n) is 6.99. The number of likely N-dealkylation sites (tertiary alicyclic amines) is 1. The van der Waals surface area contributed by atoms with Gasteiger partial charge in [0.25, 0.3) is 5.91 Å². The molecule has 2 unspecified atom stereocenters. The van der Waals surface area contributed by atoms with Crippen LogP contribution >= 0.6 is 11.6 Å². The predicted octanol–water partition coefficient (Wildman–Crippen LogP) is 2.97. The molecule has 1 aliphatic rings. The molecule has 0 aliphatic carbocycles. The summed E-state index contributed by atoms with van der Waals surface area (Å²) >= 11 is 5.93. The van der Waals surface area contributed by atoms with Gasteiger partial charge >= 0.3 is 0 Å². The molecule has 0 spiro atoms. The van der Waals surface area contributed by atoms with Crippen molar-refractivity contribution in [1.29, 1.82) is 0 Å². The van der Waals surface area contributed by atoms with E-state index in [1.807, 2.05) is 24.3 Å². The highest BCUT2D eigenvalue weighted by molar-refractivity contribution is 6.30. The van der Waals surface area contributed by atoms with Crippen molar-refractivity contribution in [1.82, 2.24) is 10.2 Å². The average molecular weight is 417 g/mol. The topological polar surface area (TPSA) is 67.9 Å². The molecule has 0 bridgehead atoms. The predicted molar refractivity (Wildman–Crippen MR) is 111 cm³/mol. The molecule has 2 aromatic carbocycles.